The number of guanidine groups is 1. The maximum Gasteiger partial charge on any atom is 0.193 e. The lowest BCUT2D eigenvalue weighted by atomic mass is 10.1. The van der Waals surface area contributed by atoms with Gasteiger partial charge < -0.3 is 20.1 Å². The second-order valence-electron chi connectivity index (χ2n) is 5.81. The highest BCUT2D eigenvalue weighted by Gasteiger charge is 2.10. The van der Waals surface area contributed by atoms with E-state index >= 15 is 0 Å². The SMILES string of the molecule is CN=C(NCc1ccc(F)c(CO)c1)N(C)Cc1ccc(OC)c(F)c1.I. The highest BCUT2D eigenvalue weighted by Crippen LogP contribution is 2.18. The van der Waals surface area contributed by atoms with Gasteiger partial charge in [-0.2, -0.15) is 0 Å². The summed E-state index contributed by atoms with van der Waals surface area (Å²) in [6.45, 7) is 0.518. The van der Waals surface area contributed by atoms with Crippen molar-refractivity contribution in [3.63, 3.8) is 0 Å². The van der Waals surface area contributed by atoms with E-state index < -0.39 is 11.6 Å². The van der Waals surface area contributed by atoms with E-state index in [2.05, 4.69) is 10.3 Å². The van der Waals surface area contributed by atoms with E-state index in [1.807, 2.05) is 11.9 Å². The van der Waals surface area contributed by atoms with Gasteiger partial charge in [0.15, 0.2) is 17.5 Å². The van der Waals surface area contributed by atoms with E-state index in [-0.39, 0.29) is 41.9 Å². The van der Waals surface area contributed by atoms with Gasteiger partial charge in [0.2, 0.25) is 0 Å². The number of benzene rings is 2. The molecule has 0 spiro atoms. The maximum atomic E-state index is 13.8. The molecular formula is C19H24F2IN3O2. The molecular weight excluding hydrogens is 467 g/mol. The molecule has 0 aliphatic rings. The lowest BCUT2D eigenvalue weighted by Gasteiger charge is -2.22. The predicted molar refractivity (Wildman–Crippen MR) is 112 cm³/mol. The molecule has 5 nitrogen and oxygen atoms in total. The van der Waals surface area contributed by atoms with Crippen LogP contribution in [-0.4, -0.2) is 37.2 Å². The Kier molecular flexibility index (Phi) is 9.44. The molecule has 0 bridgehead atoms. The topological polar surface area (TPSA) is 57.1 Å². The molecule has 2 rings (SSSR count). The van der Waals surface area contributed by atoms with Gasteiger partial charge in [-0.1, -0.05) is 12.1 Å². The zero-order valence-electron chi connectivity index (χ0n) is 15.5. The Balaban J connectivity index is 0.00000364. The quantitative estimate of drug-likeness (QED) is 0.370. The third-order valence-corrected chi connectivity index (χ3v) is 3.94. The molecule has 8 heteroatoms. The second-order valence-corrected chi connectivity index (χ2v) is 5.81. The van der Waals surface area contributed by atoms with Crippen LogP contribution in [0.25, 0.3) is 0 Å². The number of hydrogen-bond donors (Lipinski definition) is 2. The van der Waals surface area contributed by atoms with Crippen LogP contribution >= 0.6 is 24.0 Å². The van der Waals surface area contributed by atoms with E-state index in [1.165, 1.54) is 19.2 Å². The molecule has 2 aromatic carbocycles. The first-order chi connectivity index (χ1) is 12.5. The van der Waals surface area contributed by atoms with Gasteiger partial charge in [-0.25, -0.2) is 8.78 Å². The van der Waals surface area contributed by atoms with Crippen molar-refractivity contribution in [1.82, 2.24) is 10.2 Å². The summed E-state index contributed by atoms with van der Waals surface area (Å²) in [4.78, 5) is 6.05. The van der Waals surface area contributed by atoms with E-state index in [0.29, 0.717) is 19.0 Å². The maximum absolute atomic E-state index is 13.8. The summed E-state index contributed by atoms with van der Waals surface area (Å²) in [7, 11) is 4.91. The summed E-state index contributed by atoms with van der Waals surface area (Å²) in [5, 5.41) is 12.3. The molecule has 0 aromatic heterocycles. The number of rotatable bonds is 6. The average Bonchev–Trinajstić information content (AvgIpc) is 2.63. The number of aliphatic imine (C=N–C) groups is 1. The fourth-order valence-electron chi connectivity index (χ4n) is 2.58. The Hall–Kier alpha value is -1.94. The first kappa shape index (κ1) is 23.1. The van der Waals surface area contributed by atoms with Crippen LogP contribution in [-0.2, 0) is 19.7 Å². The fraction of sp³-hybridized carbons (Fsp3) is 0.316. The van der Waals surface area contributed by atoms with Gasteiger partial charge in [0.25, 0.3) is 0 Å². The van der Waals surface area contributed by atoms with Crippen molar-refractivity contribution in [3.05, 3.63) is 64.7 Å². The average molecular weight is 491 g/mol. The summed E-state index contributed by atoms with van der Waals surface area (Å²) >= 11 is 0. The third kappa shape index (κ3) is 6.31. The predicted octanol–water partition coefficient (Wildman–Crippen LogP) is 3.29. The number of halogens is 3. The van der Waals surface area contributed by atoms with Gasteiger partial charge in [-0.3, -0.25) is 4.99 Å². The number of methoxy groups -OCH3 is 1. The largest absolute Gasteiger partial charge is 0.494 e. The molecule has 0 unspecified atom stereocenters. The van der Waals surface area contributed by atoms with Crippen molar-refractivity contribution < 1.29 is 18.6 Å². The summed E-state index contributed by atoms with van der Waals surface area (Å²) < 4.78 is 32.2. The fourth-order valence-corrected chi connectivity index (χ4v) is 2.58. The van der Waals surface area contributed by atoms with Gasteiger partial charge >= 0.3 is 0 Å². The molecule has 2 N–H and O–H groups in total. The molecule has 2 aromatic rings. The van der Waals surface area contributed by atoms with E-state index in [1.54, 1.807) is 31.3 Å². The molecule has 148 valence electrons. The third-order valence-electron chi connectivity index (χ3n) is 3.94. The number of nitrogens with zero attached hydrogens (tertiary/aromatic N) is 2. The van der Waals surface area contributed by atoms with Gasteiger partial charge in [-0.15, -0.1) is 24.0 Å². The first-order valence-corrected chi connectivity index (χ1v) is 8.10. The van der Waals surface area contributed by atoms with Crippen molar-refractivity contribution in [1.29, 1.82) is 0 Å². The molecule has 0 saturated heterocycles. The Labute approximate surface area is 175 Å². The summed E-state index contributed by atoms with van der Waals surface area (Å²) in [5.74, 6) is -0.0329. The molecule has 0 heterocycles. The summed E-state index contributed by atoms with van der Waals surface area (Å²) in [5.41, 5.74) is 1.85. The molecule has 0 fully saturated rings. The number of aliphatic hydroxyl groups excluding tert-OH is 1. The standard InChI is InChI=1S/C19H23F2N3O2.HI/c1-22-19(23-10-13-4-6-16(20)15(8-13)12-25)24(2)11-14-5-7-18(26-3)17(21)9-14;/h4-9,25H,10-12H2,1-3H3,(H,22,23);1H. The minimum Gasteiger partial charge on any atom is -0.494 e. The van der Waals surface area contributed by atoms with Crippen LogP contribution in [0.5, 0.6) is 5.75 Å². The summed E-state index contributed by atoms with van der Waals surface area (Å²) in [6.07, 6.45) is 0. The minimum absolute atomic E-state index is 0. The molecule has 0 amide bonds. The van der Waals surface area contributed by atoms with Crippen LogP contribution in [0.15, 0.2) is 41.4 Å². The van der Waals surface area contributed by atoms with Crippen LogP contribution in [0.3, 0.4) is 0 Å². The molecule has 27 heavy (non-hydrogen) atoms. The lowest BCUT2D eigenvalue weighted by Crippen LogP contribution is -2.38. The summed E-state index contributed by atoms with van der Waals surface area (Å²) in [6, 6.07) is 9.39. The highest BCUT2D eigenvalue weighted by molar-refractivity contribution is 14.0. The molecule has 0 atom stereocenters. The Morgan fingerprint density at radius 2 is 1.85 bits per heavy atom. The van der Waals surface area contributed by atoms with Crippen LogP contribution in [0.4, 0.5) is 8.78 Å². The smallest absolute Gasteiger partial charge is 0.193 e. The van der Waals surface area contributed by atoms with Crippen LogP contribution < -0.4 is 10.1 Å². The number of nitrogens with one attached hydrogen (secondary N) is 1. The van der Waals surface area contributed by atoms with E-state index in [4.69, 9.17) is 9.84 Å². The van der Waals surface area contributed by atoms with Crippen LogP contribution in [0.1, 0.15) is 16.7 Å². The van der Waals surface area contributed by atoms with Gasteiger partial charge in [0, 0.05) is 32.7 Å². The van der Waals surface area contributed by atoms with E-state index in [0.717, 1.165) is 11.1 Å². The Morgan fingerprint density at radius 1 is 1.15 bits per heavy atom. The van der Waals surface area contributed by atoms with Crippen molar-refractivity contribution >= 4 is 29.9 Å². The zero-order valence-corrected chi connectivity index (χ0v) is 17.8. The molecule has 0 saturated carbocycles. The first-order valence-electron chi connectivity index (χ1n) is 8.10. The van der Waals surface area contributed by atoms with Gasteiger partial charge in [-0.05, 0) is 35.4 Å². The number of aliphatic hydroxyl groups is 1. The Morgan fingerprint density at radius 3 is 2.44 bits per heavy atom. The van der Waals surface area contributed by atoms with Gasteiger partial charge in [0.05, 0.1) is 13.7 Å². The van der Waals surface area contributed by atoms with Crippen LogP contribution in [0.2, 0.25) is 0 Å². The second kappa shape index (κ2) is 11.0. The zero-order chi connectivity index (χ0) is 19.1. The number of ether oxygens (including phenoxy) is 1. The monoisotopic (exact) mass is 491 g/mol. The minimum atomic E-state index is -0.431. The highest BCUT2D eigenvalue weighted by atomic mass is 127. The molecule has 0 radical (unpaired) electrons. The number of hydrogen-bond acceptors (Lipinski definition) is 3. The van der Waals surface area contributed by atoms with Crippen molar-refractivity contribution in [2.45, 2.75) is 19.7 Å². The lowest BCUT2D eigenvalue weighted by molar-refractivity contribution is 0.275. The molecule has 0 aliphatic carbocycles. The van der Waals surface area contributed by atoms with Crippen LogP contribution in [0, 0.1) is 11.6 Å². The normalized spacial score (nSPS) is 11.0. The van der Waals surface area contributed by atoms with Crippen molar-refractivity contribution in [3.8, 4) is 5.75 Å². The van der Waals surface area contributed by atoms with Crippen molar-refractivity contribution in [2.24, 2.45) is 4.99 Å². The van der Waals surface area contributed by atoms with Crippen molar-refractivity contribution in [2.75, 3.05) is 21.2 Å². The van der Waals surface area contributed by atoms with Gasteiger partial charge in [0.1, 0.15) is 5.82 Å². The van der Waals surface area contributed by atoms with E-state index in [9.17, 15) is 8.78 Å². The molecule has 0 aliphatic heterocycles. The Bertz CT molecular complexity index is 788.